The van der Waals surface area contributed by atoms with Crippen LogP contribution in [0.4, 0.5) is 10.3 Å². The highest BCUT2D eigenvalue weighted by Gasteiger charge is 2.24. The van der Waals surface area contributed by atoms with Gasteiger partial charge in [0, 0.05) is 12.2 Å². The number of carbonyl (C=O) groups excluding carboxylic acids is 1. The van der Waals surface area contributed by atoms with Crippen molar-refractivity contribution in [3.8, 4) is 0 Å². The fourth-order valence-electron chi connectivity index (χ4n) is 3.03. The standard InChI is InChI=1S/C17H27FN4O2/c1-10(2)8-15-14(16(19)23)9-20-17(22-15)21-12-4-6-13(7-5-12)24-11(3)18/h9-13H,4-8H2,1-3H3,(H2,19,23)(H,20,21,22). The molecule has 1 aromatic heterocycles. The topological polar surface area (TPSA) is 90.1 Å². The summed E-state index contributed by atoms with van der Waals surface area (Å²) in [7, 11) is 0. The van der Waals surface area contributed by atoms with Gasteiger partial charge in [-0.3, -0.25) is 4.79 Å². The van der Waals surface area contributed by atoms with Crippen LogP contribution in [0.1, 0.15) is 62.5 Å². The van der Waals surface area contributed by atoms with E-state index >= 15 is 0 Å². The van der Waals surface area contributed by atoms with Gasteiger partial charge >= 0.3 is 0 Å². The van der Waals surface area contributed by atoms with Crippen molar-refractivity contribution < 1.29 is 13.9 Å². The molecule has 1 aliphatic rings. The van der Waals surface area contributed by atoms with Gasteiger partial charge in [0.1, 0.15) is 0 Å². The number of alkyl halides is 1. The summed E-state index contributed by atoms with van der Waals surface area (Å²) in [4.78, 5) is 20.2. The lowest BCUT2D eigenvalue weighted by molar-refractivity contribution is -0.0862. The molecule has 0 radical (unpaired) electrons. The van der Waals surface area contributed by atoms with Gasteiger partial charge in [0.05, 0.1) is 17.4 Å². The third kappa shape index (κ3) is 5.40. The number of nitrogens with two attached hydrogens (primary N) is 1. The average Bonchev–Trinajstić information content (AvgIpc) is 2.48. The van der Waals surface area contributed by atoms with Crippen LogP contribution in [0, 0.1) is 5.92 Å². The van der Waals surface area contributed by atoms with E-state index in [2.05, 4.69) is 29.1 Å². The molecule has 134 valence electrons. The first-order valence-corrected chi connectivity index (χ1v) is 8.57. The van der Waals surface area contributed by atoms with Crippen LogP contribution in [-0.4, -0.2) is 34.4 Å². The minimum absolute atomic E-state index is 0.0160. The summed E-state index contributed by atoms with van der Waals surface area (Å²) in [5, 5.41) is 3.31. The molecule has 1 unspecified atom stereocenters. The van der Waals surface area contributed by atoms with Crippen LogP contribution in [0.25, 0.3) is 0 Å². The number of amides is 1. The van der Waals surface area contributed by atoms with Crippen molar-refractivity contribution in [1.29, 1.82) is 0 Å². The molecule has 0 saturated heterocycles. The molecule has 1 saturated carbocycles. The van der Waals surface area contributed by atoms with E-state index in [-0.39, 0.29) is 12.1 Å². The second kappa shape index (κ2) is 8.37. The van der Waals surface area contributed by atoms with Gasteiger partial charge < -0.3 is 15.8 Å². The average molecular weight is 338 g/mol. The Morgan fingerprint density at radius 1 is 1.38 bits per heavy atom. The summed E-state index contributed by atoms with van der Waals surface area (Å²) in [6, 6.07) is 0.228. The first-order chi connectivity index (χ1) is 11.3. The Bertz CT molecular complexity index is 558. The highest BCUT2D eigenvalue weighted by Crippen LogP contribution is 2.24. The first-order valence-electron chi connectivity index (χ1n) is 8.57. The van der Waals surface area contributed by atoms with E-state index in [9.17, 15) is 9.18 Å². The summed E-state index contributed by atoms with van der Waals surface area (Å²) in [6.45, 7) is 5.54. The molecule has 1 fully saturated rings. The molecule has 1 amide bonds. The molecular formula is C17H27FN4O2. The lowest BCUT2D eigenvalue weighted by atomic mass is 9.93. The number of halogens is 1. The summed E-state index contributed by atoms with van der Waals surface area (Å²) in [5.74, 6) is 0.371. The Morgan fingerprint density at radius 3 is 2.58 bits per heavy atom. The zero-order chi connectivity index (χ0) is 17.7. The molecule has 0 spiro atoms. The van der Waals surface area contributed by atoms with Crippen molar-refractivity contribution >= 4 is 11.9 Å². The maximum absolute atomic E-state index is 12.9. The quantitative estimate of drug-likeness (QED) is 0.798. The summed E-state index contributed by atoms with van der Waals surface area (Å²) in [5.41, 5.74) is 6.45. The number of nitrogens with one attached hydrogen (secondary N) is 1. The Labute approximate surface area is 142 Å². The molecule has 6 nitrogen and oxygen atoms in total. The normalized spacial score (nSPS) is 22.4. The van der Waals surface area contributed by atoms with Crippen molar-refractivity contribution in [3.63, 3.8) is 0 Å². The maximum Gasteiger partial charge on any atom is 0.252 e. The molecule has 1 aliphatic carbocycles. The molecule has 24 heavy (non-hydrogen) atoms. The number of nitrogens with zero attached hydrogens (tertiary/aromatic N) is 2. The fraction of sp³-hybridized carbons (Fsp3) is 0.706. The monoisotopic (exact) mass is 338 g/mol. The van der Waals surface area contributed by atoms with Gasteiger partial charge in [0.25, 0.3) is 5.91 Å². The number of hydrogen-bond acceptors (Lipinski definition) is 5. The van der Waals surface area contributed by atoms with Crippen LogP contribution < -0.4 is 11.1 Å². The lowest BCUT2D eigenvalue weighted by Gasteiger charge is -2.29. The molecule has 0 aliphatic heterocycles. The number of hydrogen-bond donors (Lipinski definition) is 2. The van der Waals surface area contributed by atoms with Crippen molar-refractivity contribution in [3.05, 3.63) is 17.5 Å². The smallest absolute Gasteiger partial charge is 0.252 e. The number of carbonyl (C=O) groups is 1. The Kier molecular flexibility index (Phi) is 6.48. The number of rotatable bonds is 7. The molecule has 0 aromatic carbocycles. The van der Waals surface area contributed by atoms with Crippen LogP contribution >= 0.6 is 0 Å². The Morgan fingerprint density at radius 2 is 2.04 bits per heavy atom. The van der Waals surface area contributed by atoms with E-state index in [1.54, 1.807) is 0 Å². The third-order valence-electron chi connectivity index (χ3n) is 4.12. The van der Waals surface area contributed by atoms with E-state index in [0.29, 0.717) is 29.5 Å². The SMILES string of the molecule is CC(C)Cc1nc(NC2CCC(OC(C)F)CC2)ncc1C(N)=O. The second-order valence-corrected chi connectivity index (χ2v) is 6.81. The first kappa shape index (κ1) is 18.6. The molecule has 1 aromatic rings. The number of anilines is 1. The Balaban J connectivity index is 1.99. The van der Waals surface area contributed by atoms with E-state index < -0.39 is 12.3 Å². The van der Waals surface area contributed by atoms with Crippen molar-refractivity contribution in [1.82, 2.24) is 9.97 Å². The van der Waals surface area contributed by atoms with Gasteiger partial charge in [-0.05, 0) is 44.9 Å². The molecule has 0 bridgehead atoms. The van der Waals surface area contributed by atoms with Crippen LogP contribution in [0.5, 0.6) is 0 Å². The minimum atomic E-state index is -1.22. The Hall–Kier alpha value is -1.76. The van der Waals surface area contributed by atoms with Gasteiger partial charge in [0.2, 0.25) is 5.95 Å². The van der Waals surface area contributed by atoms with Gasteiger partial charge in [0.15, 0.2) is 6.36 Å². The van der Waals surface area contributed by atoms with E-state index in [0.717, 1.165) is 25.7 Å². The summed E-state index contributed by atoms with van der Waals surface area (Å²) in [6.07, 6.45) is 4.30. The molecule has 2 rings (SSSR count). The third-order valence-corrected chi connectivity index (χ3v) is 4.12. The molecule has 3 N–H and O–H groups in total. The van der Waals surface area contributed by atoms with Crippen molar-refractivity contribution in [2.45, 2.75) is 71.4 Å². The summed E-state index contributed by atoms with van der Waals surface area (Å²) < 4.78 is 18.1. The second-order valence-electron chi connectivity index (χ2n) is 6.81. The predicted molar refractivity (Wildman–Crippen MR) is 90.4 cm³/mol. The molecule has 1 heterocycles. The zero-order valence-corrected chi connectivity index (χ0v) is 14.6. The highest BCUT2D eigenvalue weighted by atomic mass is 19.1. The van der Waals surface area contributed by atoms with E-state index in [1.807, 2.05) is 0 Å². The minimum Gasteiger partial charge on any atom is -0.365 e. The van der Waals surface area contributed by atoms with E-state index in [4.69, 9.17) is 10.5 Å². The van der Waals surface area contributed by atoms with Crippen LogP contribution in [-0.2, 0) is 11.2 Å². The van der Waals surface area contributed by atoms with Gasteiger partial charge in [-0.1, -0.05) is 13.8 Å². The zero-order valence-electron chi connectivity index (χ0n) is 14.6. The lowest BCUT2D eigenvalue weighted by Crippen LogP contribution is -2.31. The maximum atomic E-state index is 12.9. The van der Waals surface area contributed by atoms with Gasteiger partial charge in [-0.2, -0.15) is 0 Å². The molecule has 7 heteroatoms. The molecule has 1 atom stereocenters. The van der Waals surface area contributed by atoms with E-state index in [1.165, 1.54) is 13.1 Å². The van der Waals surface area contributed by atoms with Crippen LogP contribution in [0.15, 0.2) is 6.20 Å². The summed E-state index contributed by atoms with van der Waals surface area (Å²) >= 11 is 0. The molecular weight excluding hydrogens is 311 g/mol. The largest absolute Gasteiger partial charge is 0.365 e. The fourth-order valence-corrected chi connectivity index (χ4v) is 3.03. The van der Waals surface area contributed by atoms with Crippen LogP contribution in [0.2, 0.25) is 0 Å². The number of aromatic nitrogens is 2. The number of ether oxygens (including phenoxy) is 1. The van der Waals surface area contributed by atoms with Crippen molar-refractivity contribution in [2.24, 2.45) is 11.7 Å². The number of primary amides is 1. The van der Waals surface area contributed by atoms with Crippen molar-refractivity contribution in [2.75, 3.05) is 5.32 Å². The van der Waals surface area contributed by atoms with Gasteiger partial charge in [-0.25, -0.2) is 14.4 Å². The predicted octanol–water partition coefficient (Wildman–Crippen LogP) is 2.83. The highest BCUT2D eigenvalue weighted by molar-refractivity contribution is 5.93. The van der Waals surface area contributed by atoms with Gasteiger partial charge in [-0.15, -0.1) is 0 Å². The van der Waals surface area contributed by atoms with Crippen LogP contribution in [0.3, 0.4) is 0 Å².